The van der Waals surface area contributed by atoms with Crippen LogP contribution in [-0.4, -0.2) is 36.5 Å². The minimum absolute atomic E-state index is 0.0665. The number of carbonyl (C=O) groups excluding carboxylic acids is 2. The maximum absolute atomic E-state index is 12.2. The average molecular weight is 288 g/mol. The zero-order valence-corrected chi connectivity index (χ0v) is 11.6. The number of halogens is 1. The van der Waals surface area contributed by atoms with Crippen LogP contribution in [0.25, 0.3) is 0 Å². The molecule has 0 bridgehead atoms. The molecular weight excluding hydrogens is 274 g/mol. The summed E-state index contributed by atoms with van der Waals surface area (Å²) in [5, 5.41) is 1.85. The number of nitrogens with zero attached hydrogens (tertiary/aromatic N) is 1. The SMILES string of the molecule is COC(=O)[C@@H]1CCCN1C(=O)Cc1ccsc1Cl. The Morgan fingerprint density at radius 3 is 3.00 bits per heavy atom. The summed E-state index contributed by atoms with van der Waals surface area (Å²) < 4.78 is 5.35. The van der Waals surface area contributed by atoms with Gasteiger partial charge < -0.3 is 9.64 Å². The van der Waals surface area contributed by atoms with Crippen LogP contribution in [0.2, 0.25) is 4.34 Å². The molecule has 1 aromatic heterocycles. The summed E-state index contributed by atoms with van der Waals surface area (Å²) in [4.78, 5) is 25.3. The van der Waals surface area contributed by atoms with Crippen LogP contribution >= 0.6 is 22.9 Å². The fourth-order valence-corrected chi connectivity index (χ4v) is 3.08. The second-order valence-corrected chi connectivity index (χ2v) is 5.68. The largest absolute Gasteiger partial charge is 0.467 e. The van der Waals surface area contributed by atoms with Crippen molar-refractivity contribution in [2.75, 3.05) is 13.7 Å². The van der Waals surface area contributed by atoms with Crippen molar-refractivity contribution in [1.29, 1.82) is 0 Å². The van der Waals surface area contributed by atoms with Gasteiger partial charge in [0.15, 0.2) is 0 Å². The number of likely N-dealkylation sites (tertiary alicyclic amines) is 1. The Hall–Kier alpha value is -1.07. The molecule has 0 radical (unpaired) electrons. The van der Waals surface area contributed by atoms with Gasteiger partial charge in [-0.25, -0.2) is 4.79 Å². The van der Waals surface area contributed by atoms with Gasteiger partial charge in [0.25, 0.3) is 0 Å². The molecule has 1 aliphatic rings. The molecule has 98 valence electrons. The smallest absolute Gasteiger partial charge is 0.328 e. The van der Waals surface area contributed by atoms with E-state index >= 15 is 0 Å². The lowest BCUT2D eigenvalue weighted by Crippen LogP contribution is -2.41. The lowest BCUT2D eigenvalue weighted by Gasteiger charge is -2.22. The molecule has 1 atom stereocenters. The molecule has 2 rings (SSSR count). The van der Waals surface area contributed by atoms with Crippen molar-refractivity contribution in [3.63, 3.8) is 0 Å². The van der Waals surface area contributed by atoms with Crippen LogP contribution in [0.3, 0.4) is 0 Å². The Labute approximate surface area is 114 Å². The molecule has 0 spiro atoms. The van der Waals surface area contributed by atoms with E-state index < -0.39 is 6.04 Å². The molecule has 2 heterocycles. The molecule has 1 fully saturated rings. The molecule has 0 unspecified atom stereocenters. The molecule has 0 aliphatic carbocycles. The van der Waals surface area contributed by atoms with Crippen molar-refractivity contribution in [3.05, 3.63) is 21.3 Å². The third-order valence-corrected chi connectivity index (χ3v) is 4.33. The van der Waals surface area contributed by atoms with Gasteiger partial charge in [0.2, 0.25) is 5.91 Å². The van der Waals surface area contributed by atoms with E-state index in [2.05, 4.69) is 0 Å². The van der Waals surface area contributed by atoms with E-state index in [1.54, 1.807) is 4.90 Å². The van der Waals surface area contributed by atoms with Gasteiger partial charge in [-0.05, 0) is 29.9 Å². The second kappa shape index (κ2) is 5.71. The van der Waals surface area contributed by atoms with Gasteiger partial charge in [-0.2, -0.15) is 0 Å². The van der Waals surface area contributed by atoms with Gasteiger partial charge in [-0.1, -0.05) is 11.6 Å². The molecule has 1 saturated heterocycles. The van der Waals surface area contributed by atoms with Crippen molar-refractivity contribution in [3.8, 4) is 0 Å². The highest BCUT2D eigenvalue weighted by atomic mass is 35.5. The second-order valence-electron chi connectivity index (χ2n) is 4.16. The third kappa shape index (κ3) is 2.67. The molecule has 4 nitrogen and oxygen atoms in total. The summed E-state index contributed by atoms with van der Waals surface area (Å²) in [5.41, 5.74) is 0.821. The van der Waals surface area contributed by atoms with Crippen LogP contribution < -0.4 is 0 Å². The van der Waals surface area contributed by atoms with Crippen LogP contribution in [0.1, 0.15) is 18.4 Å². The fraction of sp³-hybridized carbons (Fsp3) is 0.500. The van der Waals surface area contributed by atoms with E-state index in [-0.39, 0.29) is 18.3 Å². The van der Waals surface area contributed by atoms with Crippen molar-refractivity contribution >= 4 is 34.8 Å². The zero-order chi connectivity index (χ0) is 13.1. The number of ether oxygens (including phenoxy) is 1. The predicted molar refractivity (Wildman–Crippen MR) is 69.8 cm³/mol. The number of rotatable bonds is 3. The highest BCUT2D eigenvalue weighted by molar-refractivity contribution is 7.14. The van der Waals surface area contributed by atoms with E-state index in [0.717, 1.165) is 12.0 Å². The summed E-state index contributed by atoms with van der Waals surface area (Å²) in [6.07, 6.45) is 1.76. The zero-order valence-electron chi connectivity index (χ0n) is 10.0. The number of carbonyl (C=O) groups is 2. The van der Waals surface area contributed by atoms with Crippen LogP contribution in [0.4, 0.5) is 0 Å². The number of methoxy groups -OCH3 is 1. The molecular formula is C12H14ClNO3S. The molecule has 0 aromatic carbocycles. The van der Waals surface area contributed by atoms with Gasteiger partial charge in [-0.15, -0.1) is 11.3 Å². The standard InChI is InChI=1S/C12H14ClNO3S/c1-17-12(16)9-3-2-5-14(9)10(15)7-8-4-6-18-11(8)13/h4,6,9H,2-3,5,7H2,1H3/t9-/m0/s1. The Kier molecular flexibility index (Phi) is 4.24. The molecule has 1 aliphatic heterocycles. The topological polar surface area (TPSA) is 46.6 Å². The van der Waals surface area contributed by atoms with Gasteiger partial charge in [0.05, 0.1) is 17.9 Å². The van der Waals surface area contributed by atoms with Crippen LogP contribution in [0.15, 0.2) is 11.4 Å². The summed E-state index contributed by atoms with van der Waals surface area (Å²) in [7, 11) is 1.35. The van der Waals surface area contributed by atoms with E-state index in [1.165, 1.54) is 18.4 Å². The number of hydrogen-bond donors (Lipinski definition) is 0. The highest BCUT2D eigenvalue weighted by Gasteiger charge is 2.34. The van der Waals surface area contributed by atoms with Crippen molar-refractivity contribution in [2.24, 2.45) is 0 Å². The molecule has 6 heteroatoms. The van der Waals surface area contributed by atoms with E-state index in [0.29, 0.717) is 17.3 Å². The molecule has 1 amide bonds. The molecule has 1 aromatic rings. The van der Waals surface area contributed by atoms with Gasteiger partial charge in [-0.3, -0.25) is 4.79 Å². The minimum atomic E-state index is -0.431. The molecule has 0 N–H and O–H groups in total. The Morgan fingerprint density at radius 1 is 1.61 bits per heavy atom. The summed E-state index contributed by atoms with van der Waals surface area (Å²) in [5.74, 6) is -0.402. The van der Waals surface area contributed by atoms with Gasteiger partial charge in [0.1, 0.15) is 6.04 Å². The number of amides is 1. The Morgan fingerprint density at radius 2 is 2.39 bits per heavy atom. The highest BCUT2D eigenvalue weighted by Crippen LogP contribution is 2.25. The molecule has 0 saturated carbocycles. The Balaban J connectivity index is 2.04. The lowest BCUT2D eigenvalue weighted by molar-refractivity contribution is -0.150. The first-order chi connectivity index (χ1) is 8.63. The maximum atomic E-state index is 12.2. The fourth-order valence-electron chi connectivity index (χ4n) is 2.16. The van der Waals surface area contributed by atoms with E-state index in [4.69, 9.17) is 16.3 Å². The van der Waals surface area contributed by atoms with Crippen LogP contribution in [0.5, 0.6) is 0 Å². The Bertz CT molecular complexity index is 460. The third-order valence-electron chi connectivity index (χ3n) is 3.08. The number of esters is 1. The van der Waals surface area contributed by atoms with Crippen molar-refractivity contribution in [1.82, 2.24) is 4.90 Å². The summed E-state index contributed by atoms with van der Waals surface area (Å²) in [6, 6.07) is 1.41. The van der Waals surface area contributed by atoms with Crippen molar-refractivity contribution in [2.45, 2.75) is 25.3 Å². The first-order valence-corrected chi connectivity index (χ1v) is 6.98. The first-order valence-electron chi connectivity index (χ1n) is 5.72. The number of thiophene rings is 1. The monoisotopic (exact) mass is 287 g/mol. The van der Waals surface area contributed by atoms with Crippen molar-refractivity contribution < 1.29 is 14.3 Å². The maximum Gasteiger partial charge on any atom is 0.328 e. The lowest BCUT2D eigenvalue weighted by atomic mass is 10.2. The van der Waals surface area contributed by atoms with E-state index in [1.807, 2.05) is 11.4 Å². The quantitative estimate of drug-likeness (QED) is 0.800. The van der Waals surface area contributed by atoms with Crippen LogP contribution in [-0.2, 0) is 20.7 Å². The van der Waals surface area contributed by atoms with E-state index in [9.17, 15) is 9.59 Å². The van der Waals surface area contributed by atoms with Gasteiger partial charge >= 0.3 is 5.97 Å². The van der Waals surface area contributed by atoms with Gasteiger partial charge in [0, 0.05) is 6.54 Å². The molecule has 18 heavy (non-hydrogen) atoms. The minimum Gasteiger partial charge on any atom is -0.467 e. The summed E-state index contributed by atoms with van der Waals surface area (Å²) in [6.45, 7) is 0.611. The normalized spacial score (nSPS) is 19.0. The first kappa shape index (κ1) is 13.4. The summed E-state index contributed by atoms with van der Waals surface area (Å²) >= 11 is 7.38. The number of hydrogen-bond acceptors (Lipinski definition) is 4. The predicted octanol–water partition coefficient (Wildman–Crippen LogP) is 2.11. The van der Waals surface area contributed by atoms with Crippen LogP contribution in [0, 0.1) is 0 Å². The average Bonchev–Trinajstić information content (AvgIpc) is 2.98.